The fourth-order valence-corrected chi connectivity index (χ4v) is 2.49. The van der Waals surface area contributed by atoms with Gasteiger partial charge in [0.1, 0.15) is 11.4 Å². The first-order valence-electron chi connectivity index (χ1n) is 7.08. The van der Waals surface area contributed by atoms with Crippen molar-refractivity contribution in [2.75, 3.05) is 25.1 Å². The van der Waals surface area contributed by atoms with Gasteiger partial charge in [0.2, 0.25) is 0 Å². The molecule has 5 nitrogen and oxygen atoms in total. The Bertz CT molecular complexity index is 698. The molecule has 0 atom stereocenters. The van der Waals surface area contributed by atoms with E-state index in [9.17, 15) is 9.90 Å². The number of aromatic carboxylic acids is 1. The van der Waals surface area contributed by atoms with Crippen molar-refractivity contribution in [3.05, 3.63) is 47.2 Å². The van der Waals surface area contributed by atoms with E-state index in [1.54, 1.807) is 18.0 Å². The predicted octanol–water partition coefficient (Wildman–Crippen LogP) is 2.49. The number of aryl methyl sites for hydroxylation is 2. The van der Waals surface area contributed by atoms with E-state index in [1.807, 2.05) is 38.1 Å². The Morgan fingerprint density at radius 3 is 2.50 bits per heavy atom. The minimum Gasteiger partial charge on any atom is -0.478 e. The van der Waals surface area contributed by atoms with Crippen LogP contribution >= 0.6 is 0 Å². The van der Waals surface area contributed by atoms with Gasteiger partial charge in [0.15, 0.2) is 0 Å². The molecule has 0 saturated heterocycles. The average molecular weight is 300 g/mol. The molecule has 0 spiro atoms. The normalized spacial score (nSPS) is 10.5. The number of likely N-dealkylation sites (N-methyl/N-ethyl adjacent to an activating group) is 1. The maximum atomic E-state index is 11.8. The van der Waals surface area contributed by atoms with Crippen LogP contribution in [0.25, 0.3) is 11.1 Å². The van der Waals surface area contributed by atoms with Gasteiger partial charge in [-0.05, 0) is 31.0 Å². The molecule has 116 valence electrons. The highest BCUT2D eigenvalue weighted by molar-refractivity contribution is 6.01. The van der Waals surface area contributed by atoms with E-state index in [4.69, 9.17) is 5.11 Å². The Labute approximate surface area is 129 Å². The first-order valence-corrected chi connectivity index (χ1v) is 7.08. The van der Waals surface area contributed by atoms with E-state index in [-0.39, 0.29) is 12.2 Å². The largest absolute Gasteiger partial charge is 0.478 e. The number of carboxylic acid groups (broad SMARTS) is 1. The molecule has 2 rings (SSSR count). The molecule has 0 amide bonds. The predicted molar refractivity (Wildman–Crippen MR) is 86.5 cm³/mol. The van der Waals surface area contributed by atoms with Crippen molar-refractivity contribution < 1.29 is 15.0 Å². The van der Waals surface area contributed by atoms with Crippen molar-refractivity contribution >= 4 is 11.8 Å². The van der Waals surface area contributed by atoms with Crippen LogP contribution in [0.15, 0.2) is 30.3 Å². The standard InChI is InChI=1S/C17H20N2O3/c1-11-6-4-5-7-13(11)14-10-12(2)18-16(15(14)17(21)22)19(3)8-9-20/h4-7,10,20H,8-9H2,1-3H3,(H,21,22). The molecule has 0 radical (unpaired) electrons. The van der Waals surface area contributed by atoms with E-state index in [0.717, 1.165) is 16.8 Å². The van der Waals surface area contributed by atoms with Crippen LogP contribution in [0.3, 0.4) is 0 Å². The topological polar surface area (TPSA) is 73.7 Å². The number of hydrogen-bond acceptors (Lipinski definition) is 4. The molecular weight excluding hydrogens is 280 g/mol. The summed E-state index contributed by atoms with van der Waals surface area (Å²) in [6.07, 6.45) is 0. The molecule has 0 unspecified atom stereocenters. The number of aromatic nitrogens is 1. The molecule has 1 aromatic heterocycles. The summed E-state index contributed by atoms with van der Waals surface area (Å²) in [5.74, 6) is -0.648. The molecule has 0 fully saturated rings. The van der Waals surface area contributed by atoms with Gasteiger partial charge in [-0.2, -0.15) is 0 Å². The van der Waals surface area contributed by atoms with Crippen molar-refractivity contribution in [3.63, 3.8) is 0 Å². The van der Waals surface area contributed by atoms with E-state index in [1.165, 1.54) is 0 Å². The number of aliphatic hydroxyl groups excluding tert-OH is 1. The molecule has 2 aromatic rings. The monoisotopic (exact) mass is 300 g/mol. The van der Waals surface area contributed by atoms with Crippen LogP contribution in [0.4, 0.5) is 5.82 Å². The number of anilines is 1. The number of nitrogens with zero attached hydrogens (tertiary/aromatic N) is 2. The third kappa shape index (κ3) is 3.09. The Hall–Kier alpha value is -2.40. The van der Waals surface area contributed by atoms with Gasteiger partial charge in [-0.25, -0.2) is 9.78 Å². The molecule has 0 aliphatic rings. The van der Waals surface area contributed by atoms with E-state index in [0.29, 0.717) is 17.9 Å². The van der Waals surface area contributed by atoms with Crippen molar-refractivity contribution in [2.45, 2.75) is 13.8 Å². The minimum atomic E-state index is -1.02. The van der Waals surface area contributed by atoms with Gasteiger partial charge in [-0.1, -0.05) is 24.3 Å². The van der Waals surface area contributed by atoms with Gasteiger partial charge in [0.05, 0.1) is 6.61 Å². The third-order valence-electron chi connectivity index (χ3n) is 3.57. The SMILES string of the molecule is Cc1cc(-c2ccccc2C)c(C(=O)O)c(N(C)CCO)n1. The summed E-state index contributed by atoms with van der Waals surface area (Å²) in [4.78, 5) is 17.8. The molecule has 1 aromatic carbocycles. The van der Waals surface area contributed by atoms with Crippen LogP contribution in [0.2, 0.25) is 0 Å². The van der Waals surface area contributed by atoms with Crippen LogP contribution < -0.4 is 4.90 Å². The van der Waals surface area contributed by atoms with Crippen LogP contribution in [-0.4, -0.2) is 41.4 Å². The maximum Gasteiger partial charge on any atom is 0.340 e. The highest BCUT2D eigenvalue weighted by atomic mass is 16.4. The lowest BCUT2D eigenvalue weighted by Gasteiger charge is -2.22. The van der Waals surface area contributed by atoms with Gasteiger partial charge < -0.3 is 15.1 Å². The molecule has 1 heterocycles. The zero-order valence-corrected chi connectivity index (χ0v) is 13.0. The van der Waals surface area contributed by atoms with Crippen molar-refractivity contribution in [2.24, 2.45) is 0 Å². The second-order valence-electron chi connectivity index (χ2n) is 5.28. The number of carbonyl (C=O) groups is 1. The molecule has 0 saturated carbocycles. The van der Waals surface area contributed by atoms with Crippen molar-refractivity contribution in [3.8, 4) is 11.1 Å². The van der Waals surface area contributed by atoms with Crippen LogP contribution in [0, 0.1) is 13.8 Å². The number of pyridine rings is 1. The number of hydrogen-bond donors (Lipinski definition) is 2. The minimum absolute atomic E-state index is 0.0646. The molecule has 0 aliphatic carbocycles. The lowest BCUT2D eigenvalue weighted by molar-refractivity contribution is 0.0698. The molecule has 5 heteroatoms. The number of aliphatic hydroxyl groups is 1. The lowest BCUT2D eigenvalue weighted by atomic mass is 9.96. The van der Waals surface area contributed by atoms with Crippen LogP contribution in [0.5, 0.6) is 0 Å². The fraction of sp³-hybridized carbons (Fsp3) is 0.294. The summed E-state index contributed by atoms with van der Waals surface area (Å²) in [5.41, 5.74) is 3.44. The quantitative estimate of drug-likeness (QED) is 0.887. The molecule has 0 bridgehead atoms. The molecule has 2 N–H and O–H groups in total. The smallest absolute Gasteiger partial charge is 0.340 e. The molecular formula is C17H20N2O3. The lowest BCUT2D eigenvalue weighted by Crippen LogP contribution is -2.25. The molecule has 22 heavy (non-hydrogen) atoms. The number of carboxylic acids is 1. The highest BCUT2D eigenvalue weighted by Gasteiger charge is 2.22. The summed E-state index contributed by atoms with van der Waals surface area (Å²) in [7, 11) is 1.73. The second kappa shape index (κ2) is 6.58. The summed E-state index contributed by atoms with van der Waals surface area (Å²) in [6.45, 7) is 4.05. The highest BCUT2D eigenvalue weighted by Crippen LogP contribution is 2.32. The summed E-state index contributed by atoms with van der Waals surface area (Å²) < 4.78 is 0. The third-order valence-corrected chi connectivity index (χ3v) is 3.57. The average Bonchev–Trinajstić information content (AvgIpc) is 2.46. The van der Waals surface area contributed by atoms with Gasteiger partial charge in [0.25, 0.3) is 0 Å². The summed E-state index contributed by atoms with van der Waals surface area (Å²) in [6, 6.07) is 9.47. The fourth-order valence-electron chi connectivity index (χ4n) is 2.49. The van der Waals surface area contributed by atoms with Gasteiger partial charge in [-0.15, -0.1) is 0 Å². The Morgan fingerprint density at radius 2 is 1.91 bits per heavy atom. The zero-order valence-electron chi connectivity index (χ0n) is 13.0. The Kier molecular flexibility index (Phi) is 4.78. The first kappa shape index (κ1) is 16.0. The maximum absolute atomic E-state index is 11.8. The van der Waals surface area contributed by atoms with Crippen molar-refractivity contribution in [1.29, 1.82) is 0 Å². The van der Waals surface area contributed by atoms with E-state index < -0.39 is 5.97 Å². The van der Waals surface area contributed by atoms with Gasteiger partial charge in [-0.3, -0.25) is 0 Å². The van der Waals surface area contributed by atoms with Gasteiger partial charge >= 0.3 is 5.97 Å². The number of rotatable bonds is 5. The van der Waals surface area contributed by atoms with Crippen LogP contribution in [0.1, 0.15) is 21.6 Å². The molecule has 0 aliphatic heterocycles. The summed E-state index contributed by atoms with van der Waals surface area (Å²) in [5, 5.41) is 18.8. The van der Waals surface area contributed by atoms with Crippen LogP contribution in [-0.2, 0) is 0 Å². The first-order chi connectivity index (χ1) is 10.5. The second-order valence-corrected chi connectivity index (χ2v) is 5.28. The Balaban J connectivity index is 2.73. The summed E-state index contributed by atoms with van der Waals surface area (Å²) >= 11 is 0. The number of benzene rings is 1. The van der Waals surface area contributed by atoms with Crippen molar-refractivity contribution in [1.82, 2.24) is 4.98 Å². The van der Waals surface area contributed by atoms with E-state index in [2.05, 4.69) is 4.98 Å². The Morgan fingerprint density at radius 1 is 1.23 bits per heavy atom. The zero-order chi connectivity index (χ0) is 16.3. The van der Waals surface area contributed by atoms with E-state index >= 15 is 0 Å². The van der Waals surface area contributed by atoms with Gasteiger partial charge in [0, 0.05) is 24.8 Å².